The summed E-state index contributed by atoms with van der Waals surface area (Å²) in [6, 6.07) is 0.329. The van der Waals surface area contributed by atoms with Gasteiger partial charge in [-0.3, -0.25) is 0 Å². The summed E-state index contributed by atoms with van der Waals surface area (Å²) in [6.45, 7) is 11.2. The van der Waals surface area contributed by atoms with Crippen LogP contribution in [0.15, 0.2) is 0 Å². The molecule has 2 aliphatic rings. The second-order valence-corrected chi connectivity index (χ2v) is 6.48. The van der Waals surface area contributed by atoms with E-state index in [1.807, 2.05) is 0 Å². The van der Waals surface area contributed by atoms with Gasteiger partial charge in [0.2, 0.25) is 0 Å². The lowest BCUT2D eigenvalue weighted by Crippen LogP contribution is -2.39. The van der Waals surface area contributed by atoms with Crippen LogP contribution in [0.25, 0.3) is 0 Å². The molecule has 2 fully saturated rings. The summed E-state index contributed by atoms with van der Waals surface area (Å²) in [5.74, 6) is 1.25. The van der Waals surface area contributed by atoms with E-state index in [-0.39, 0.29) is 0 Å². The molecule has 1 aliphatic carbocycles. The average Bonchev–Trinajstić information content (AvgIpc) is 2.58. The van der Waals surface area contributed by atoms with Crippen LogP contribution < -0.4 is 5.73 Å². The van der Waals surface area contributed by atoms with E-state index in [0.717, 1.165) is 13.2 Å². The molecule has 0 aromatic rings. The van der Waals surface area contributed by atoms with E-state index in [9.17, 15) is 0 Å². The Bertz CT molecular complexity index is 227. The lowest BCUT2D eigenvalue weighted by molar-refractivity contribution is 0.0393. The van der Waals surface area contributed by atoms with Crippen molar-refractivity contribution >= 4 is 0 Å². The van der Waals surface area contributed by atoms with E-state index in [4.69, 9.17) is 10.5 Å². The van der Waals surface area contributed by atoms with Gasteiger partial charge in [-0.15, -0.1) is 0 Å². The molecule has 0 aromatic heterocycles. The highest BCUT2D eigenvalue weighted by Crippen LogP contribution is 2.70. The minimum Gasteiger partial charge on any atom is -0.381 e. The van der Waals surface area contributed by atoms with Crippen molar-refractivity contribution in [1.29, 1.82) is 0 Å². The van der Waals surface area contributed by atoms with Crippen LogP contribution in [0, 0.1) is 22.7 Å². The van der Waals surface area contributed by atoms with Crippen LogP contribution in [-0.4, -0.2) is 19.3 Å². The van der Waals surface area contributed by atoms with E-state index in [0.29, 0.717) is 28.7 Å². The molecule has 2 atom stereocenters. The third kappa shape index (κ3) is 1.62. The normalized spacial score (nSPS) is 36.2. The van der Waals surface area contributed by atoms with Crippen LogP contribution in [0.4, 0.5) is 0 Å². The molecule has 0 bridgehead atoms. The molecule has 2 rings (SSSR count). The molecule has 15 heavy (non-hydrogen) atoms. The molecule has 0 aromatic carbocycles. The van der Waals surface area contributed by atoms with Gasteiger partial charge in [0.1, 0.15) is 0 Å². The summed E-state index contributed by atoms with van der Waals surface area (Å²) in [6.07, 6.45) is 2.44. The highest BCUT2D eigenvalue weighted by Gasteiger charge is 2.67. The molecule has 88 valence electrons. The van der Waals surface area contributed by atoms with Gasteiger partial charge in [0.25, 0.3) is 0 Å². The maximum absolute atomic E-state index is 6.42. The maximum Gasteiger partial charge on any atom is 0.0509 e. The SMILES string of the molecule is CC1(C)C(C(N)C2CCCOC2)C1(C)C. The Kier molecular flexibility index (Phi) is 2.63. The first-order chi connectivity index (χ1) is 6.89. The third-order valence-electron chi connectivity index (χ3n) is 5.26. The zero-order chi connectivity index (χ0) is 11.3. The highest BCUT2D eigenvalue weighted by molar-refractivity contribution is 5.16. The molecule has 2 unspecified atom stereocenters. The molecule has 1 saturated carbocycles. The van der Waals surface area contributed by atoms with Gasteiger partial charge in [0.15, 0.2) is 0 Å². The fourth-order valence-corrected chi connectivity index (χ4v) is 3.55. The second-order valence-electron chi connectivity index (χ2n) is 6.48. The van der Waals surface area contributed by atoms with Crippen molar-refractivity contribution in [2.45, 2.75) is 46.6 Å². The van der Waals surface area contributed by atoms with Crippen molar-refractivity contribution in [2.75, 3.05) is 13.2 Å². The Morgan fingerprint density at radius 3 is 2.20 bits per heavy atom. The largest absolute Gasteiger partial charge is 0.381 e. The molecule has 0 amide bonds. The van der Waals surface area contributed by atoms with Gasteiger partial charge in [-0.25, -0.2) is 0 Å². The minimum absolute atomic E-state index is 0.329. The zero-order valence-electron chi connectivity index (χ0n) is 10.5. The molecule has 1 saturated heterocycles. The van der Waals surface area contributed by atoms with Gasteiger partial charge >= 0.3 is 0 Å². The van der Waals surface area contributed by atoms with Gasteiger partial charge in [-0.1, -0.05) is 27.7 Å². The standard InChI is InChI=1S/C13H25NO/c1-12(2)11(13(12,3)4)10(14)9-6-5-7-15-8-9/h9-11H,5-8,14H2,1-4H3. The Hall–Kier alpha value is -0.0800. The molecular formula is C13H25NO. The number of nitrogens with two attached hydrogens (primary N) is 1. The first kappa shape index (κ1) is 11.4. The third-order valence-corrected chi connectivity index (χ3v) is 5.26. The molecule has 2 nitrogen and oxygen atoms in total. The van der Waals surface area contributed by atoms with Crippen LogP contribution in [0.3, 0.4) is 0 Å². The van der Waals surface area contributed by atoms with Crippen molar-refractivity contribution in [3.63, 3.8) is 0 Å². The summed E-state index contributed by atoms with van der Waals surface area (Å²) >= 11 is 0. The van der Waals surface area contributed by atoms with E-state index >= 15 is 0 Å². The Balaban J connectivity index is 2.00. The number of ether oxygens (including phenoxy) is 1. The van der Waals surface area contributed by atoms with Gasteiger partial charge in [-0.05, 0) is 35.5 Å². The monoisotopic (exact) mass is 211 g/mol. The maximum atomic E-state index is 6.42. The van der Waals surface area contributed by atoms with Crippen molar-refractivity contribution in [3.05, 3.63) is 0 Å². The van der Waals surface area contributed by atoms with Crippen LogP contribution in [-0.2, 0) is 4.74 Å². The highest BCUT2D eigenvalue weighted by atomic mass is 16.5. The Morgan fingerprint density at radius 2 is 1.80 bits per heavy atom. The van der Waals surface area contributed by atoms with E-state index in [1.54, 1.807) is 0 Å². The topological polar surface area (TPSA) is 35.2 Å². The molecule has 1 aliphatic heterocycles. The molecule has 0 spiro atoms. The summed E-state index contributed by atoms with van der Waals surface area (Å²) in [4.78, 5) is 0. The predicted molar refractivity (Wildman–Crippen MR) is 62.6 cm³/mol. The number of hydrogen-bond acceptors (Lipinski definition) is 2. The predicted octanol–water partition coefficient (Wildman–Crippen LogP) is 2.42. The van der Waals surface area contributed by atoms with E-state index in [1.165, 1.54) is 12.8 Å². The van der Waals surface area contributed by atoms with Crippen LogP contribution >= 0.6 is 0 Å². The average molecular weight is 211 g/mol. The molecule has 2 N–H and O–H groups in total. The first-order valence-electron chi connectivity index (χ1n) is 6.22. The summed E-state index contributed by atoms with van der Waals surface area (Å²) in [5, 5.41) is 0. The smallest absolute Gasteiger partial charge is 0.0509 e. The zero-order valence-corrected chi connectivity index (χ0v) is 10.5. The molecule has 2 heteroatoms. The molecular weight excluding hydrogens is 186 g/mol. The lowest BCUT2D eigenvalue weighted by atomic mass is 9.88. The number of rotatable bonds is 2. The minimum atomic E-state index is 0.329. The van der Waals surface area contributed by atoms with E-state index in [2.05, 4.69) is 27.7 Å². The fourth-order valence-electron chi connectivity index (χ4n) is 3.55. The van der Waals surface area contributed by atoms with Crippen molar-refractivity contribution in [1.82, 2.24) is 0 Å². The van der Waals surface area contributed by atoms with Gasteiger partial charge < -0.3 is 10.5 Å². The van der Waals surface area contributed by atoms with E-state index < -0.39 is 0 Å². The summed E-state index contributed by atoms with van der Waals surface area (Å²) < 4.78 is 5.54. The second kappa shape index (κ2) is 3.46. The Morgan fingerprint density at radius 1 is 1.20 bits per heavy atom. The van der Waals surface area contributed by atoms with Crippen LogP contribution in [0.2, 0.25) is 0 Å². The van der Waals surface area contributed by atoms with Crippen molar-refractivity contribution in [3.8, 4) is 0 Å². The number of hydrogen-bond donors (Lipinski definition) is 1. The first-order valence-corrected chi connectivity index (χ1v) is 6.22. The van der Waals surface area contributed by atoms with Crippen molar-refractivity contribution < 1.29 is 4.74 Å². The van der Waals surface area contributed by atoms with Crippen LogP contribution in [0.5, 0.6) is 0 Å². The Labute approximate surface area is 93.6 Å². The molecule has 0 radical (unpaired) electrons. The van der Waals surface area contributed by atoms with Gasteiger partial charge in [0.05, 0.1) is 6.61 Å². The van der Waals surface area contributed by atoms with Crippen molar-refractivity contribution in [2.24, 2.45) is 28.4 Å². The van der Waals surface area contributed by atoms with Gasteiger partial charge in [0, 0.05) is 12.6 Å². The summed E-state index contributed by atoms with van der Waals surface area (Å²) in [5.41, 5.74) is 7.24. The fraction of sp³-hybridized carbons (Fsp3) is 1.00. The lowest BCUT2D eigenvalue weighted by Gasteiger charge is -2.29. The summed E-state index contributed by atoms with van der Waals surface area (Å²) in [7, 11) is 0. The quantitative estimate of drug-likeness (QED) is 0.761. The van der Waals surface area contributed by atoms with Crippen LogP contribution in [0.1, 0.15) is 40.5 Å². The van der Waals surface area contributed by atoms with Gasteiger partial charge in [-0.2, -0.15) is 0 Å². The molecule has 1 heterocycles.